The highest BCUT2D eigenvalue weighted by atomic mass is 19.1. The number of aromatic amines is 1. The van der Waals surface area contributed by atoms with Gasteiger partial charge in [0.2, 0.25) is 0 Å². The van der Waals surface area contributed by atoms with Gasteiger partial charge in [0.05, 0.1) is 38.3 Å². The van der Waals surface area contributed by atoms with Crippen molar-refractivity contribution >= 4 is 22.8 Å². The first-order valence-electron chi connectivity index (χ1n) is 7.47. The molecule has 7 nitrogen and oxygen atoms in total. The van der Waals surface area contributed by atoms with Crippen LogP contribution in [-0.2, 0) is 9.53 Å². The summed E-state index contributed by atoms with van der Waals surface area (Å²) in [4.78, 5) is 28.0. The minimum absolute atomic E-state index is 0.163. The molecule has 2 aromatic rings. The van der Waals surface area contributed by atoms with Crippen LogP contribution in [0.4, 0.5) is 4.39 Å². The van der Waals surface area contributed by atoms with E-state index in [2.05, 4.69) is 4.98 Å². The van der Waals surface area contributed by atoms with Crippen molar-refractivity contribution in [2.45, 2.75) is 12.5 Å². The Bertz CT molecular complexity index is 788. The highest BCUT2D eigenvalue weighted by molar-refractivity contribution is 6.00. The zero-order valence-electron chi connectivity index (χ0n) is 13.0. The molecule has 2 heterocycles. The van der Waals surface area contributed by atoms with Crippen molar-refractivity contribution in [2.24, 2.45) is 0 Å². The number of aromatic nitrogens is 1. The van der Waals surface area contributed by atoms with E-state index in [1.165, 1.54) is 30.2 Å². The van der Waals surface area contributed by atoms with Crippen molar-refractivity contribution in [3.63, 3.8) is 0 Å². The molecule has 1 aromatic carbocycles. The molecule has 0 spiro atoms. The Kier molecular flexibility index (Phi) is 4.39. The van der Waals surface area contributed by atoms with Gasteiger partial charge in [-0.15, -0.1) is 0 Å². The first kappa shape index (κ1) is 16.3. The summed E-state index contributed by atoms with van der Waals surface area (Å²) in [5.74, 6) is -1.44. The van der Waals surface area contributed by atoms with Crippen LogP contribution < -0.4 is 4.74 Å². The second kappa shape index (κ2) is 6.48. The summed E-state index contributed by atoms with van der Waals surface area (Å²) in [6.07, 6.45) is -0.205. The maximum absolute atomic E-state index is 14.0. The first-order valence-corrected chi connectivity index (χ1v) is 7.47. The van der Waals surface area contributed by atoms with Crippen LogP contribution >= 0.6 is 0 Å². The van der Waals surface area contributed by atoms with E-state index >= 15 is 0 Å². The number of ether oxygens (including phenoxy) is 2. The fraction of sp³-hybridized carbons (Fsp3) is 0.375. The van der Waals surface area contributed by atoms with E-state index in [4.69, 9.17) is 14.6 Å². The molecule has 1 atom stereocenters. The minimum Gasteiger partial charge on any atom is -0.496 e. The van der Waals surface area contributed by atoms with Crippen LogP contribution in [0.1, 0.15) is 16.9 Å². The average molecular weight is 336 g/mol. The van der Waals surface area contributed by atoms with Gasteiger partial charge in [0.15, 0.2) is 0 Å². The fourth-order valence-electron chi connectivity index (χ4n) is 2.90. The molecule has 2 N–H and O–H groups in total. The lowest BCUT2D eigenvalue weighted by atomic mass is 10.1. The summed E-state index contributed by atoms with van der Waals surface area (Å²) in [7, 11) is 1.46. The standard InChI is InChI=1S/C16H17FN2O5/c1-23-13-3-2-11(17)15-10(13)7-12(18-15)16(22)19-4-5-24-8-9(19)6-14(20)21/h2-3,7,9,18H,4-6,8H2,1H3,(H,20,21)/t9-/m0/s1. The Morgan fingerprint density at radius 3 is 3.00 bits per heavy atom. The van der Waals surface area contributed by atoms with E-state index in [0.717, 1.165) is 0 Å². The lowest BCUT2D eigenvalue weighted by Gasteiger charge is -2.34. The number of benzene rings is 1. The number of halogens is 1. The van der Waals surface area contributed by atoms with Crippen LogP contribution in [0.5, 0.6) is 5.75 Å². The van der Waals surface area contributed by atoms with Crippen molar-refractivity contribution in [1.29, 1.82) is 0 Å². The number of nitrogens with zero attached hydrogens (tertiary/aromatic N) is 1. The minimum atomic E-state index is -1.01. The second-order valence-corrected chi connectivity index (χ2v) is 5.55. The summed E-state index contributed by atoms with van der Waals surface area (Å²) in [5.41, 5.74) is 0.367. The number of amides is 1. The van der Waals surface area contributed by atoms with Gasteiger partial charge in [-0.1, -0.05) is 0 Å². The summed E-state index contributed by atoms with van der Waals surface area (Å²) in [6.45, 7) is 0.779. The number of aliphatic carboxylic acids is 1. The normalized spacial score (nSPS) is 17.9. The van der Waals surface area contributed by atoms with Crippen LogP contribution in [0.25, 0.3) is 10.9 Å². The predicted octanol–water partition coefficient (Wildman–Crippen LogP) is 1.63. The second-order valence-electron chi connectivity index (χ2n) is 5.55. The number of hydrogen-bond acceptors (Lipinski definition) is 4. The van der Waals surface area contributed by atoms with Crippen molar-refractivity contribution in [3.05, 3.63) is 29.7 Å². The zero-order chi connectivity index (χ0) is 17.3. The van der Waals surface area contributed by atoms with E-state index in [1.54, 1.807) is 0 Å². The molecule has 0 unspecified atom stereocenters. The van der Waals surface area contributed by atoms with Crippen molar-refractivity contribution in [2.75, 3.05) is 26.9 Å². The molecule has 0 bridgehead atoms. The van der Waals surface area contributed by atoms with Crippen LogP contribution in [0, 0.1) is 5.82 Å². The van der Waals surface area contributed by atoms with Crippen LogP contribution in [0.15, 0.2) is 18.2 Å². The molecule has 1 aromatic heterocycles. The van der Waals surface area contributed by atoms with E-state index in [1.807, 2.05) is 0 Å². The van der Waals surface area contributed by atoms with Gasteiger partial charge in [-0.25, -0.2) is 4.39 Å². The Labute approximate surface area is 137 Å². The molecule has 1 fully saturated rings. The largest absolute Gasteiger partial charge is 0.496 e. The van der Waals surface area contributed by atoms with Crippen LogP contribution in [0.3, 0.4) is 0 Å². The van der Waals surface area contributed by atoms with E-state index in [9.17, 15) is 14.0 Å². The van der Waals surface area contributed by atoms with Crippen molar-refractivity contribution < 1.29 is 28.6 Å². The molecule has 0 aliphatic carbocycles. The Morgan fingerprint density at radius 1 is 1.50 bits per heavy atom. The first-order chi connectivity index (χ1) is 11.5. The SMILES string of the molecule is COc1ccc(F)c2[nH]c(C(=O)N3CCOC[C@@H]3CC(=O)O)cc12. The number of carbonyl (C=O) groups is 2. The van der Waals surface area contributed by atoms with Gasteiger partial charge in [0, 0.05) is 11.9 Å². The molecular formula is C16H17FN2O5. The zero-order valence-corrected chi connectivity index (χ0v) is 13.0. The van der Waals surface area contributed by atoms with Gasteiger partial charge in [-0.3, -0.25) is 9.59 Å². The highest BCUT2D eigenvalue weighted by Crippen LogP contribution is 2.29. The van der Waals surface area contributed by atoms with E-state index < -0.39 is 17.8 Å². The summed E-state index contributed by atoms with van der Waals surface area (Å²) >= 11 is 0. The predicted molar refractivity (Wildman–Crippen MR) is 82.7 cm³/mol. The van der Waals surface area contributed by atoms with Crippen molar-refractivity contribution in [3.8, 4) is 5.75 Å². The Hall–Kier alpha value is -2.61. The number of H-pyrrole nitrogens is 1. The van der Waals surface area contributed by atoms with E-state index in [0.29, 0.717) is 17.7 Å². The molecule has 1 saturated heterocycles. The number of rotatable bonds is 4. The lowest BCUT2D eigenvalue weighted by Crippen LogP contribution is -2.49. The van der Waals surface area contributed by atoms with Crippen LogP contribution in [-0.4, -0.2) is 59.8 Å². The molecule has 24 heavy (non-hydrogen) atoms. The van der Waals surface area contributed by atoms with E-state index in [-0.39, 0.29) is 36.7 Å². The quantitative estimate of drug-likeness (QED) is 0.885. The number of carboxylic acid groups (broad SMARTS) is 1. The molecular weight excluding hydrogens is 319 g/mol. The number of hydrogen-bond donors (Lipinski definition) is 2. The number of carboxylic acids is 1. The molecule has 128 valence electrons. The molecule has 0 saturated carbocycles. The highest BCUT2D eigenvalue weighted by Gasteiger charge is 2.31. The number of carbonyl (C=O) groups excluding carboxylic acids is 1. The Morgan fingerprint density at radius 2 is 2.29 bits per heavy atom. The topological polar surface area (TPSA) is 91.9 Å². The van der Waals surface area contributed by atoms with Crippen molar-refractivity contribution in [1.82, 2.24) is 9.88 Å². The molecule has 8 heteroatoms. The molecule has 1 aliphatic rings. The average Bonchev–Trinajstić information content (AvgIpc) is 3.01. The third-order valence-corrected chi connectivity index (χ3v) is 4.05. The fourth-order valence-corrected chi connectivity index (χ4v) is 2.90. The van der Waals surface area contributed by atoms with Gasteiger partial charge < -0.3 is 24.5 Å². The summed E-state index contributed by atoms with van der Waals surface area (Å²) in [5, 5.41) is 9.45. The number of nitrogens with one attached hydrogen (secondary N) is 1. The molecule has 0 radical (unpaired) electrons. The smallest absolute Gasteiger partial charge is 0.305 e. The number of methoxy groups -OCH3 is 1. The monoisotopic (exact) mass is 336 g/mol. The maximum Gasteiger partial charge on any atom is 0.305 e. The van der Waals surface area contributed by atoms with Gasteiger partial charge in [-0.2, -0.15) is 0 Å². The summed E-state index contributed by atoms with van der Waals surface area (Å²) < 4.78 is 24.4. The molecule has 1 aliphatic heterocycles. The van der Waals surface area contributed by atoms with Gasteiger partial charge in [0.1, 0.15) is 17.3 Å². The number of morpholine rings is 1. The molecule has 3 rings (SSSR count). The maximum atomic E-state index is 14.0. The number of fused-ring (bicyclic) bond motifs is 1. The van der Waals surface area contributed by atoms with Crippen LogP contribution in [0.2, 0.25) is 0 Å². The van der Waals surface area contributed by atoms with Gasteiger partial charge >= 0.3 is 5.97 Å². The van der Waals surface area contributed by atoms with Gasteiger partial charge in [0.25, 0.3) is 5.91 Å². The summed E-state index contributed by atoms with van der Waals surface area (Å²) in [6, 6.07) is 3.71. The Balaban J connectivity index is 1.95. The third kappa shape index (κ3) is 2.92. The molecule has 1 amide bonds. The third-order valence-electron chi connectivity index (χ3n) is 4.05. The lowest BCUT2D eigenvalue weighted by molar-refractivity contribution is -0.139. The van der Waals surface area contributed by atoms with Gasteiger partial charge in [-0.05, 0) is 18.2 Å².